The number of nitrogens with zero attached hydrogens (tertiary/aromatic N) is 3. The molecule has 3 nitrogen and oxygen atoms in total. The maximum absolute atomic E-state index is 4.25. The third-order valence-corrected chi connectivity index (χ3v) is 4.83. The lowest BCUT2D eigenvalue weighted by atomic mass is 9.86. The van der Waals surface area contributed by atoms with Gasteiger partial charge >= 0.3 is 0 Å². The Hall–Kier alpha value is -2.52. The maximum atomic E-state index is 4.25. The molecule has 3 aromatic rings. The molecule has 0 amide bonds. The molecule has 120 valence electrons. The first-order valence-corrected chi connectivity index (χ1v) is 8.45. The van der Waals surface area contributed by atoms with Gasteiger partial charge < -0.3 is 4.90 Å². The van der Waals surface area contributed by atoms with Gasteiger partial charge in [0.1, 0.15) is 0 Å². The molecule has 1 atom stereocenters. The lowest BCUT2D eigenvalue weighted by Crippen LogP contribution is -2.17. The molecule has 3 heteroatoms. The third-order valence-electron chi connectivity index (χ3n) is 4.83. The third kappa shape index (κ3) is 2.95. The van der Waals surface area contributed by atoms with Crippen molar-refractivity contribution in [2.75, 3.05) is 13.6 Å². The molecule has 2 heterocycles. The molecule has 0 N–H and O–H groups in total. The minimum atomic E-state index is 0.460. The molecule has 4 rings (SSSR count). The Bertz CT molecular complexity index is 815. The van der Waals surface area contributed by atoms with Crippen LogP contribution >= 0.6 is 0 Å². The van der Waals surface area contributed by atoms with Crippen LogP contribution in [0.25, 0.3) is 11.3 Å². The highest BCUT2D eigenvalue weighted by Gasteiger charge is 2.22. The molecule has 0 saturated heterocycles. The van der Waals surface area contributed by atoms with Crippen molar-refractivity contribution in [3.63, 3.8) is 0 Å². The monoisotopic (exact) mass is 315 g/mol. The van der Waals surface area contributed by atoms with Gasteiger partial charge in [0.2, 0.25) is 0 Å². The van der Waals surface area contributed by atoms with Crippen molar-refractivity contribution in [1.82, 2.24) is 15.1 Å². The molecule has 0 saturated carbocycles. The average Bonchev–Trinajstić information content (AvgIpc) is 2.80. The second-order valence-electron chi connectivity index (χ2n) is 6.51. The van der Waals surface area contributed by atoms with Crippen molar-refractivity contribution >= 4 is 0 Å². The van der Waals surface area contributed by atoms with E-state index in [1.807, 2.05) is 12.1 Å². The van der Waals surface area contributed by atoms with E-state index in [0.29, 0.717) is 5.92 Å². The molecule has 1 aromatic heterocycles. The Labute approximate surface area is 143 Å². The Morgan fingerprint density at radius 1 is 1.00 bits per heavy atom. The summed E-state index contributed by atoms with van der Waals surface area (Å²) in [6.07, 6.45) is 2.87. The van der Waals surface area contributed by atoms with Crippen LogP contribution in [0.3, 0.4) is 0 Å². The number of benzene rings is 2. The van der Waals surface area contributed by atoms with Gasteiger partial charge in [0, 0.05) is 24.2 Å². The first-order valence-electron chi connectivity index (χ1n) is 8.45. The molecule has 0 aliphatic carbocycles. The quantitative estimate of drug-likeness (QED) is 0.712. The van der Waals surface area contributed by atoms with E-state index in [0.717, 1.165) is 30.8 Å². The lowest BCUT2D eigenvalue weighted by Gasteiger charge is -2.18. The zero-order valence-corrected chi connectivity index (χ0v) is 13.9. The van der Waals surface area contributed by atoms with Crippen LogP contribution in [0.1, 0.15) is 29.0 Å². The second kappa shape index (κ2) is 6.54. The van der Waals surface area contributed by atoms with Crippen molar-refractivity contribution in [2.45, 2.75) is 18.9 Å². The highest BCUT2D eigenvalue weighted by atomic mass is 15.1. The SMILES string of the molecule is CN1CCC(c2ccccc2)c2ccc(-c3cccnn3)cc2C1. The molecular formula is C21H21N3. The van der Waals surface area contributed by atoms with Crippen LogP contribution in [0.2, 0.25) is 0 Å². The van der Waals surface area contributed by atoms with E-state index in [4.69, 9.17) is 0 Å². The predicted octanol–water partition coefficient (Wildman–Crippen LogP) is 4.11. The zero-order valence-electron chi connectivity index (χ0n) is 13.9. The summed E-state index contributed by atoms with van der Waals surface area (Å²) in [5.74, 6) is 0.460. The first-order chi connectivity index (χ1) is 11.8. The van der Waals surface area contributed by atoms with Gasteiger partial charge in [0.05, 0.1) is 5.69 Å². The Kier molecular flexibility index (Phi) is 4.09. The van der Waals surface area contributed by atoms with Crippen molar-refractivity contribution < 1.29 is 0 Å². The van der Waals surface area contributed by atoms with Crippen LogP contribution in [0.5, 0.6) is 0 Å². The van der Waals surface area contributed by atoms with Gasteiger partial charge in [0.15, 0.2) is 0 Å². The van der Waals surface area contributed by atoms with Crippen molar-refractivity contribution in [3.8, 4) is 11.3 Å². The fourth-order valence-electron chi connectivity index (χ4n) is 3.60. The molecule has 1 unspecified atom stereocenters. The molecule has 24 heavy (non-hydrogen) atoms. The topological polar surface area (TPSA) is 29.0 Å². The van der Waals surface area contributed by atoms with E-state index in [1.54, 1.807) is 6.20 Å². The fraction of sp³-hybridized carbons (Fsp3) is 0.238. The van der Waals surface area contributed by atoms with E-state index < -0.39 is 0 Å². The summed E-state index contributed by atoms with van der Waals surface area (Å²) in [5.41, 5.74) is 6.32. The standard InChI is InChI=1S/C21H21N3/c1-24-13-11-20(16-6-3-2-4-7-16)19-10-9-17(14-18(19)15-24)21-8-5-12-22-23-21/h2-10,12,14,20H,11,13,15H2,1H3. The van der Waals surface area contributed by atoms with E-state index in [1.165, 1.54) is 16.7 Å². The number of hydrogen-bond donors (Lipinski definition) is 0. The molecule has 0 spiro atoms. The molecule has 0 bridgehead atoms. The number of fused-ring (bicyclic) bond motifs is 1. The summed E-state index contributed by atoms with van der Waals surface area (Å²) >= 11 is 0. The molecular weight excluding hydrogens is 294 g/mol. The van der Waals surface area contributed by atoms with Gasteiger partial charge in [-0.05, 0) is 54.9 Å². The van der Waals surface area contributed by atoms with E-state index in [2.05, 4.69) is 70.7 Å². The zero-order chi connectivity index (χ0) is 16.4. The van der Waals surface area contributed by atoms with E-state index in [9.17, 15) is 0 Å². The summed E-state index contributed by atoms with van der Waals surface area (Å²) in [6, 6.07) is 21.6. The van der Waals surface area contributed by atoms with Crippen LogP contribution in [0, 0.1) is 0 Å². The van der Waals surface area contributed by atoms with Crippen molar-refractivity contribution in [1.29, 1.82) is 0 Å². The largest absolute Gasteiger partial charge is 0.302 e. The molecule has 1 aliphatic rings. The summed E-state index contributed by atoms with van der Waals surface area (Å²) in [4.78, 5) is 2.40. The average molecular weight is 315 g/mol. The van der Waals surface area contributed by atoms with Crippen molar-refractivity contribution in [2.24, 2.45) is 0 Å². The Balaban J connectivity index is 1.79. The molecule has 0 fully saturated rings. The first kappa shape index (κ1) is 15.0. The minimum Gasteiger partial charge on any atom is -0.302 e. The molecule has 1 aliphatic heterocycles. The molecule has 2 aromatic carbocycles. The van der Waals surface area contributed by atoms with Gasteiger partial charge in [-0.25, -0.2) is 0 Å². The van der Waals surface area contributed by atoms with Gasteiger partial charge in [-0.2, -0.15) is 10.2 Å². The van der Waals surface area contributed by atoms with Crippen LogP contribution in [-0.2, 0) is 6.54 Å². The summed E-state index contributed by atoms with van der Waals surface area (Å²) in [7, 11) is 2.20. The fourth-order valence-corrected chi connectivity index (χ4v) is 3.60. The van der Waals surface area contributed by atoms with Gasteiger partial charge in [-0.15, -0.1) is 0 Å². The van der Waals surface area contributed by atoms with E-state index in [-0.39, 0.29) is 0 Å². The van der Waals surface area contributed by atoms with Crippen molar-refractivity contribution in [3.05, 3.63) is 83.6 Å². The summed E-state index contributed by atoms with van der Waals surface area (Å²) in [5, 5.41) is 8.26. The van der Waals surface area contributed by atoms with Gasteiger partial charge in [0.25, 0.3) is 0 Å². The lowest BCUT2D eigenvalue weighted by molar-refractivity contribution is 0.328. The summed E-state index contributed by atoms with van der Waals surface area (Å²) < 4.78 is 0. The highest BCUT2D eigenvalue weighted by molar-refractivity contribution is 5.61. The Morgan fingerprint density at radius 3 is 2.67 bits per heavy atom. The predicted molar refractivity (Wildman–Crippen MR) is 96.7 cm³/mol. The smallest absolute Gasteiger partial charge is 0.0929 e. The molecule has 0 radical (unpaired) electrons. The van der Waals surface area contributed by atoms with Crippen LogP contribution in [0.4, 0.5) is 0 Å². The number of rotatable bonds is 2. The summed E-state index contributed by atoms with van der Waals surface area (Å²) in [6.45, 7) is 2.08. The van der Waals surface area contributed by atoms with Gasteiger partial charge in [-0.3, -0.25) is 0 Å². The van der Waals surface area contributed by atoms with E-state index >= 15 is 0 Å². The Morgan fingerprint density at radius 2 is 1.88 bits per heavy atom. The normalized spacial score (nSPS) is 18.0. The van der Waals surface area contributed by atoms with Crippen LogP contribution < -0.4 is 0 Å². The maximum Gasteiger partial charge on any atom is 0.0929 e. The van der Waals surface area contributed by atoms with Gasteiger partial charge in [-0.1, -0.05) is 42.5 Å². The second-order valence-corrected chi connectivity index (χ2v) is 6.51. The highest BCUT2D eigenvalue weighted by Crippen LogP contribution is 2.35. The van der Waals surface area contributed by atoms with Crippen LogP contribution in [-0.4, -0.2) is 28.7 Å². The minimum absolute atomic E-state index is 0.460. The van der Waals surface area contributed by atoms with Crippen LogP contribution in [0.15, 0.2) is 66.9 Å². The number of hydrogen-bond acceptors (Lipinski definition) is 3. The number of aromatic nitrogens is 2.